The molecule has 0 saturated carbocycles. The van der Waals surface area contributed by atoms with Crippen LogP contribution in [0.3, 0.4) is 0 Å². The number of aliphatic hydroxyl groups is 1. The van der Waals surface area contributed by atoms with Crippen LogP contribution in [0.1, 0.15) is 13.8 Å². The summed E-state index contributed by atoms with van der Waals surface area (Å²) in [5.74, 6) is 0.929. The molecule has 2 aromatic heterocycles. The van der Waals surface area contributed by atoms with Crippen LogP contribution in [-0.2, 0) is 0 Å². The molecular weight excluding hydrogens is 220 g/mol. The van der Waals surface area contributed by atoms with Gasteiger partial charge in [-0.2, -0.15) is 0 Å². The minimum absolute atomic E-state index is 0.103. The summed E-state index contributed by atoms with van der Waals surface area (Å²) in [7, 11) is 1.97. The fraction of sp³-hybridized carbons (Fsp3) is 0.417. The third-order valence-electron chi connectivity index (χ3n) is 2.97. The van der Waals surface area contributed by atoms with E-state index in [9.17, 15) is 5.11 Å². The molecule has 0 fully saturated rings. The number of aromatic nitrogens is 1. The van der Waals surface area contributed by atoms with E-state index in [2.05, 4.69) is 16.4 Å². The first-order valence-electron chi connectivity index (χ1n) is 5.23. The van der Waals surface area contributed by atoms with E-state index >= 15 is 0 Å². The Hall–Kier alpha value is -1.13. The van der Waals surface area contributed by atoms with Crippen molar-refractivity contribution >= 4 is 27.2 Å². The van der Waals surface area contributed by atoms with Gasteiger partial charge in [-0.1, -0.05) is 0 Å². The lowest BCUT2D eigenvalue weighted by Crippen LogP contribution is -2.44. The smallest absolute Gasteiger partial charge is 0.137 e. The molecule has 0 unspecified atom stereocenters. The quantitative estimate of drug-likeness (QED) is 0.889. The predicted octanol–water partition coefficient (Wildman–Crippen LogP) is 2.50. The summed E-state index contributed by atoms with van der Waals surface area (Å²) in [6, 6.07) is 4.09. The summed E-state index contributed by atoms with van der Waals surface area (Å²) >= 11 is 1.71. The number of aliphatic hydroxyl groups excluding tert-OH is 1. The molecule has 16 heavy (non-hydrogen) atoms. The highest BCUT2D eigenvalue weighted by molar-refractivity contribution is 7.17. The number of thiophene rings is 1. The predicted molar refractivity (Wildman–Crippen MR) is 69.2 cm³/mol. The van der Waals surface area contributed by atoms with Crippen molar-refractivity contribution < 1.29 is 5.11 Å². The molecule has 0 aliphatic carbocycles. The summed E-state index contributed by atoms with van der Waals surface area (Å²) < 4.78 is 1.23. The highest BCUT2D eigenvalue weighted by Gasteiger charge is 2.24. The number of likely N-dealkylation sites (N-methyl/N-ethyl adjacent to an activating group) is 1. The van der Waals surface area contributed by atoms with Gasteiger partial charge in [0.2, 0.25) is 0 Å². The molecule has 4 heteroatoms. The molecule has 86 valence electrons. The highest BCUT2D eigenvalue weighted by atomic mass is 32.1. The largest absolute Gasteiger partial charge is 0.394 e. The molecule has 2 rings (SSSR count). The van der Waals surface area contributed by atoms with E-state index in [4.69, 9.17) is 0 Å². The zero-order valence-electron chi connectivity index (χ0n) is 9.77. The maximum absolute atomic E-state index is 9.38. The van der Waals surface area contributed by atoms with Gasteiger partial charge in [0, 0.05) is 23.3 Å². The van der Waals surface area contributed by atoms with Crippen molar-refractivity contribution in [2.45, 2.75) is 19.4 Å². The fourth-order valence-corrected chi connectivity index (χ4v) is 2.32. The lowest BCUT2D eigenvalue weighted by molar-refractivity contribution is 0.216. The molecule has 3 nitrogen and oxygen atoms in total. The average Bonchev–Trinajstić information content (AvgIpc) is 2.75. The summed E-state index contributed by atoms with van der Waals surface area (Å²) in [5.41, 5.74) is -0.302. The summed E-state index contributed by atoms with van der Waals surface area (Å²) in [6.07, 6.45) is 1.82. The molecule has 0 atom stereocenters. The van der Waals surface area contributed by atoms with Crippen LogP contribution in [0.4, 0.5) is 5.82 Å². The van der Waals surface area contributed by atoms with Gasteiger partial charge in [-0.3, -0.25) is 0 Å². The Labute approximate surface area is 99.4 Å². The van der Waals surface area contributed by atoms with Crippen LogP contribution in [0.2, 0.25) is 0 Å². The molecule has 0 bridgehead atoms. The standard InChI is InChI=1S/C12H16N2OS/c1-12(2,8-15)14(3)11-9-5-7-16-10(9)4-6-13-11/h4-7,15H,8H2,1-3H3. The maximum atomic E-state index is 9.38. The molecule has 0 radical (unpaired) electrons. The van der Waals surface area contributed by atoms with Crippen molar-refractivity contribution in [3.05, 3.63) is 23.7 Å². The van der Waals surface area contributed by atoms with Gasteiger partial charge in [0.15, 0.2) is 0 Å². The Bertz CT molecular complexity index is 492. The van der Waals surface area contributed by atoms with E-state index < -0.39 is 0 Å². The van der Waals surface area contributed by atoms with Crippen LogP contribution in [0.25, 0.3) is 10.1 Å². The third kappa shape index (κ3) is 1.79. The van der Waals surface area contributed by atoms with E-state index in [1.165, 1.54) is 4.70 Å². The minimum Gasteiger partial charge on any atom is -0.394 e. The number of pyridine rings is 1. The van der Waals surface area contributed by atoms with Crippen molar-refractivity contribution in [3.63, 3.8) is 0 Å². The van der Waals surface area contributed by atoms with Gasteiger partial charge in [0.1, 0.15) is 5.82 Å². The molecule has 2 heterocycles. The molecule has 0 aromatic carbocycles. The SMILES string of the molecule is CN(c1nccc2sccc12)C(C)(C)CO. The second kappa shape index (κ2) is 4.03. The summed E-state index contributed by atoms with van der Waals surface area (Å²) in [5, 5.41) is 12.6. The molecule has 1 N–H and O–H groups in total. The normalized spacial score (nSPS) is 12.0. The topological polar surface area (TPSA) is 36.4 Å². The summed E-state index contributed by atoms with van der Waals surface area (Å²) in [4.78, 5) is 6.44. The van der Waals surface area contributed by atoms with Gasteiger partial charge < -0.3 is 10.0 Å². The number of nitrogens with zero attached hydrogens (tertiary/aromatic N) is 2. The monoisotopic (exact) mass is 236 g/mol. The number of hydrogen-bond acceptors (Lipinski definition) is 4. The van der Waals surface area contributed by atoms with E-state index in [-0.39, 0.29) is 12.1 Å². The van der Waals surface area contributed by atoms with Crippen LogP contribution in [0.15, 0.2) is 23.7 Å². The number of anilines is 1. The van der Waals surface area contributed by atoms with Crippen LogP contribution < -0.4 is 4.90 Å². The van der Waals surface area contributed by atoms with E-state index in [0.29, 0.717) is 0 Å². The zero-order valence-corrected chi connectivity index (χ0v) is 10.6. The van der Waals surface area contributed by atoms with E-state index in [1.807, 2.05) is 38.1 Å². The minimum atomic E-state index is -0.302. The zero-order chi connectivity index (χ0) is 11.8. The van der Waals surface area contributed by atoms with Crippen molar-refractivity contribution in [2.75, 3.05) is 18.6 Å². The first-order valence-corrected chi connectivity index (χ1v) is 6.11. The van der Waals surface area contributed by atoms with E-state index in [1.54, 1.807) is 11.3 Å². The number of hydrogen-bond donors (Lipinski definition) is 1. The van der Waals surface area contributed by atoms with Crippen LogP contribution in [0.5, 0.6) is 0 Å². The number of fused-ring (bicyclic) bond motifs is 1. The van der Waals surface area contributed by atoms with Crippen LogP contribution in [0, 0.1) is 0 Å². The second-order valence-electron chi connectivity index (χ2n) is 4.50. The second-order valence-corrected chi connectivity index (χ2v) is 5.44. The Morgan fingerprint density at radius 1 is 1.44 bits per heavy atom. The Morgan fingerprint density at radius 2 is 2.19 bits per heavy atom. The molecule has 2 aromatic rings. The molecule has 0 spiro atoms. The molecule has 0 saturated heterocycles. The van der Waals surface area contributed by atoms with E-state index in [0.717, 1.165) is 11.2 Å². The van der Waals surface area contributed by atoms with Gasteiger partial charge in [0.05, 0.1) is 12.1 Å². The van der Waals surface area contributed by atoms with Crippen molar-refractivity contribution in [3.8, 4) is 0 Å². The Morgan fingerprint density at radius 3 is 2.88 bits per heavy atom. The van der Waals surface area contributed by atoms with Gasteiger partial charge in [-0.05, 0) is 31.4 Å². The first kappa shape index (κ1) is 11.4. The maximum Gasteiger partial charge on any atom is 0.137 e. The lowest BCUT2D eigenvalue weighted by Gasteiger charge is -2.35. The Balaban J connectivity index is 2.51. The lowest BCUT2D eigenvalue weighted by atomic mass is 10.0. The van der Waals surface area contributed by atoms with Gasteiger partial charge in [0.25, 0.3) is 0 Å². The third-order valence-corrected chi connectivity index (χ3v) is 3.85. The van der Waals surface area contributed by atoms with Crippen molar-refractivity contribution in [1.29, 1.82) is 0 Å². The fourth-order valence-electron chi connectivity index (χ4n) is 1.54. The van der Waals surface area contributed by atoms with Crippen LogP contribution >= 0.6 is 11.3 Å². The first-order chi connectivity index (χ1) is 7.56. The van der Waals surface area contributed by atoms with Crippen LogP contribution in [-0.4, -0.2) is 29.3 Å². The number of rotatable bonds is 3. The van der Waals surface area contributed by atoms with Gasteiger partial charge in [-0.15, -0.1) is 11.3 Å². The molecule has 0 amide bonds. The highest BCUT2D eigenvalue weighted by Crippen LogP contribution is 2.30. The van der Waals surface area contributed by atoms with Crippen molar-refractivity contribution in [2.24, 2.45) is 0 Å². The Kier molecular flexibility index (Phi) is 2.86. The average molecular weight is 236 g/mol. The molecular formula is C12H16N2OS. The summed E-state index contributed by atoms with van der Waals surface area (Å²) in [6.45, 7) is 4.10. The molecule has 0 aliphatic rings. The van der Waals surface area contributed by atoms with Crippen molar-refractivity contribution in [1.82, 2.24) is 4.98 Å². The van der Waals surface area contributed by atoms with Gasteiger partial charge >= 0.3 is 0 Å². The molecule has 0 aliphatic heterocycles. The van der Waals surface area contributed by atoms with Gasteiger partial charge in [-0.25, -0.2) is 4.98 Å².